The molecule has 112 valence electrons. The largest absolute Gasteiger partial charge is 0.418 e. The monoisotopic (exact) mass is 337 g/mol. The van der Waals surface area contributed by atoms with Crippen molar-refractivity contribution < 1.29 is 17.6 Å². The first-order valence-corrected chi connectivity index (χ1v) is 6.57. The van der Waals surface area contributed by atoms with Gasteiger partial charge in [0.15, 0.2) is 0 Å². The van der Waals surface area contributed by atoms with Gasteiger partial charge in [-0.15, -0.1) is 0 Å². The van der Waals surface area contributed by atoms with Crippen LogP contribution in [0.4, 0.5) is 23.2 Å². The summed E-state index contributed by atoms with van der Waals surface area (Å²) in [7, 11) is 0. The van der Waals surface area contributed by atoms with E-state index in [0.29, 0.717) is 5.02 Å². The van der Waals surface area contributed by atoms with Crippen molar-refractivity contribution in [1.82, 2.24) is 0 Å². The van der Waals surface area contributed by atoms with Gasteiger partial charge in [-0.25, -0.2) is 4.39 Å². The van der Waals surface area contributed by atoms with E-state index in [9.17, 15) is 17.6 Å². The molecule has 0 bridgehead atoms. The summed E-state index contributed by atoms with van der Waals surface area (Å²) in [5.74, 6) is -0.547. The molecule has 0 aliphatic carbocycles. The van der Waals surface area contributed by atoms with Gasteiger partial charge in [0.25, 0.3) is 0 Å². The van der Waals surface area contributed by atoms with E-state index in [0.717, 1.165) is 12.1 Å². The van der Waals surface area contributed by atoms with Crippen LogP contribution in [0.15, 0.2) is 36.4 Å². The predicted molar refractivity (Wildman–Crippen MR) is 75.2 cm³/mol. The fraction of sp³-hybridized carbons (Fsp3) is 0.143. The molecule has 2 aromatic carbocycles. The van der Waals surface area contributed by atoms with Gasteiger partial charge < -0.3 is 5.32 Å². The maximum absolute atomic E-state index is 13.5. The van der Waals surface area contributed by atoms with Gasteiger partial charge in [0.2, 0.25) is 0 Å². The Kier molecular flexibility index (Phi) is 4.64. The molecule has 2 rings (SSSR count). The molecule has 0 saturated carbocycles. The van der Waals surface area contributed by atoms with Crippen LogP contribution in [-0.4, -0.2) is 0 Å². The van der Waals surface area contributed by atoms with Crippen molar-refractivity contribution in [1.29, 1.82) is 0 Å². The Morgan fingerprint density at radius 1 is 0.952 bits per heavy atom. The normalized spacial score (nSPS) is 11.5. The van der Waals surface area contributed by atoms with Crippen LogP contribution >= 0.6 is 23.2 Å². The molecule has 7 heteroatoms. The number of benzene rings is 2. The maximum Gasteiger partial charge on any atom is 0.418 e. The number of alkyl halides is 3. The highest BCUT2D eigenvalue weighted by Crippen LogP contribution is 2.36. The topological polar surface area (TPSA) is 12.0 Å². The van der Waals surface area contributed by atoms with E-state index >= 15 is 0 Å². The van der Waals surface area contributed by atoms with E-state index in [2.05, 4.69) is 5.32 Å². The van der Waals surface area contributed by atoms with E-state index in [1.165, 1.54) is 24.3 Å². The summed E-state index contributed by atoms with van der Waals surface area (Å²) in [4.78, 5) is 0. The van der Waals surface area contributed by atoms with E-state index < -0.39 is 17.6 Å². The summed E-state index contributed by atoms with van der Waals surface area (Å²) in [5.41, 5.74) is -0.908. The summed E-state index contributed by atoms with van der Waals surface area (Å²) in [5, 5.41) is 2.83. The zero-order chi connectivity index (χ0) is 15.6. The number of rotatable bonds is 3. The lowest BCUT2D eigenvalue weighted by molar-refractivity contribution is -0.136. The number of hydrogen-bond donors (Lipinski definition) is 1. The summed E-state index contributed by atoms with van der Waals surface area (Å²) in [6.07, 6.45) is -4.56. The van der Waals surface area contributed by atoms with Gasteiger partial charge in [0.1, 0.15) is 5.82 Å². The first kappa shape index (κ1) is 15.9. The molecule has 0 saturated heterocycles. The molecule has 0 aliphatic rings. The van der Waals surface area contributed by atoms with Crippen molar-refractivity contribution in [2.45, 2.75) is 12.7 Å². The van der Waals surface area contributed by atoms with Crippen molar-refractivity contribution in [3.05, 3.63) is 63.4 Å². The van der Waals surface area contributed by atoms with Crippen LogP contribution in [0.5, 0.6) is 0 Å². The molecule has 21 heavy (non-hydrogen) atoms. The average molecular weight is 338 g/mol. The second kappa shape index (κ2) is 6.12. The molecule has 0 aromatic heterocycles. The minimum atomic E-state index is -4.56. The molecule has 0 spiro atoms. The van der Waals surface area contributed by atoms with Crippen LogP contribution in [0, 0.1) is 5.82 Å². The van der Waals surface area contributed by atoms with Crippen LogP contribution < -0.4 is 5.32 Å². The van der Waals surface area contributed by atoms with E-state index in [1.54, 1.807) is 0 Å². The lowest BCUT2D eigenvalue weighted by Gasteiger charge is -2.15. The quantitative estimate of drug-likeness (QED) is 0.701. The predicted octanol–water partition coefficient (Wildman–Crippen LogP) is 5.76. The second-order valence-electron chi connectivity index (χ2n) is 4.28. The summed E-state index contributed by atoms with van der Waals surface area (Å²) in [6, 6.07) is 7.22. The van der Waals surface area contributed by atoms with Gasteiger partial charge in [-0.1, -0.05) is 23.2 Å². The first-order chi connectivity index (χ1) is 9.77. The fourth-order valence-corrected chi connectivity index (χ4v) is 2.14. The maximum atomic E-state index is 13.5. The molecule has 2 aromatic rings. The van der Waals surface area contributed by atoms with Gasteiger partial charge in [0, 0.05) is 27.8 Å². The summed E-state index contributed by atoms with van der Waals surface area (Å²) in [6.45, 7) is -0.128. The standard InChI is InChI=1S/C14H9Cl2F4N/c15-9-1-3-12(17)8(5-9)7-21-13-4-2-10(16)6-11(13)14(18,19)20/h1-6,21H,7H2. The van der Waals surface area contributed by atoms with Gasteiger partial charge in [0.05, 0.1) is 5.56 Å². The molecule has 0 amide bonds. The first-order valence-electron chi connectivity index (χ1n) is 5.82. The number of anilines is 1. The molecule has 0 atom stereocenters. The van der Waals surface area contributed by atoms with Crippen molar-refractivity contribution in [2.24, 2.45) is 0 Å². The Labute approximate surface area is 128 Å². The van der Waals surface area contributed by atoms with Crippen molar-refractivity contribution >= 4 is 28.9 Å². The number of halogens is 6. The summed E-state index contributed by atoms with van der Waals surface area (Å²) >= 11 is 11.3. The van der Waals surface area contributed by atoms with Gasteiger partial charge >= 0.3 is 6.18 Å². The average Bonchev–Trinajstić information content (AvgIpc) is 2.40. The molecule has 1 N–H and O–H groups in total. The Bertz CT molecular complexity index is 656. The second-order valence-corrected chi connectivity index (χ2v) is 5.15. The van der Waals surface area contributed by atoms with E-state index in [-0.39, 0.29) is 22.8 Å². The highest BCUT2D eigenvalue weighted by molar-refractivity contribution is 6.31. The minimum absolute atomic E-state index is 0.0261. The molecule has 1 nitrogen and oxygen atoms in total. The van der Waals surface area contributed by atoms with Crippen LogP contribution in [0.3, 0.4) is 0 Å². The van der Waals surface area contributed by atoms with Crippen molar-refractivity contribution in [3.8, 4) is 0 Å². The third-order valence-electron chi connectivity index (χ3n) is 2.76. The highest BCUT2D eigenvalue weighted by atomic mass is 35.5. The Morgan fingerprint density at radius 2 is 1.57 bits per heavy atom. The molecule has 0 unspecified atom stereocenters. The van der Waals surface area contributed by atoms with Crippen molar-refractivity contribution in [3.63, 3.8) is 0 Å². The molecule has 0 aliphatic heterocycles. The zero-order valence-corrected chi connectivity index (χ0v) is 12.0. The fourth-order valence-electron chi connectivity index (χ4n) is 1.77. The van der Waals surface area contributed by atoms with Crippen LogP contribution in [0.2, 0.25) is 10.0 Å². The SMILES string of the molecule is Fc1ccc(Cl)cc1CNc1ccc(Cl)cc1C(F)(F)F. The highest BCUT2D eigenvalue weighted by Gasteiger charge is 2.33. The Morgan fingerprint density at radius 3 is 2.24 bits per heavy atom. The molecule has 0 heterocycles. The number of hydrogen-bond acceptors (Lipinski definition) is 1. The van der Waals surface area contributed by atoms with Gasteiger partial charge in [-0.05, 0) is 36.4 Å². The summed E-state index contributed by atoms with van der Waals surface area (Å²) < 4.78 is 52.2. The molecular weight excluding hydrogens is 329 g/mol. The van der Waals surface area contributed by atoms with E-state index in [4.69, 9.17) is 23.2 Å². The van der Waals surface area contributed by atoms with E-state index in [1.807, 2.05) is 0 Å². The minimum Gasteiger partial charge on any atom is -0.380 e. The van der Waals surface area contributed by atoms with Crippen LogP contribution in [0.25, 0.3) is 0 Å². The third-order valence-corrected chi connectivity index (χ3v) is 3.23. The zero-order valence-electron chi connectivity index (χ0n) is 10.4. The molecule has 0 fully saturated rings. The molecular formula is C14H9Cl2F4N. The smallest absolute Gasteiger partial charge is 0.380 e. The van der Waals surface area contributed by atoms with Gasteiger partial charge in [-0.2, -0.15) is 13.2 Å². The number of nitrogens with one attached hydrogen (secondary N) is 1. The Hall–Kier alpha value is -1.46. The molecule has 0 radical (unpaired) electrons. The van der Waals surface area contributed by atoms with Crippen LogP contribution in [0.1, 0.15) is 11.1 Å². The van der Waals surface area contributed by atoms with Crippen LogP contribution in [-0.2, 0) is 12.7 Å². The van der Waals surface area contributed by atoms with Crippen molar-refractivity contribution in [2.75, 3.05) is 5.32 Å². The lowest BCUT2D eigenvalue weighted by atomic mass is 10.1. The Balaban J connectivity index is 2.26. The third kappa shape index (κ3) is 4.02. The van der Waals surface area contributed by atoms with Gasteiger partial charge in [-0.3, -0.25) is 0 Å². The lowest BCUT2D eigenvalue weighted by Crippen LogP contribution is -2.11.